The van der Waals surface area contributed by atoms with E-state index in [2.05, 4.69) is 18.2 Å². The van der Waals surface area contributed by atoms with Crippen LogP contribution in [-0.2, 0) is 6.42 Å². The summed E-state index contributed by atoms with van der Waals surface area (Å²) in [5, 5.41) is 0. The second-order valence-electron chi connectivity index (χ2n) is 5.08. The van der Waals surface area contributed by atoms with E-state index in [0.29, 0.717) is 6.42 Å². The zero-order chi connectivity index (χ0) is 13.7. The highest BCUT2D eigenvalue weighted by Gasteiger charge is 2.08. The topological polar surface area (TPSA) is 17.1 Å². The van der Waals surface area contributed by atoms with Gasteiger partial charge in [-0.25, -0.2) is 0 Å². The lowest BCUT2D eigenvalue weighted by atomic mass is 9.98. The first-order valence-electron chi connectivity index (χ1n) is 6.81. The van der Waals surface area contributed by atoms with E-state index >= 15 is 0 Å². The summed E-state index contributed by atoms with van der Waals surface area (Å²) in [4.78, 5) is 12.2. The molecule has 2 aromatic carbocycles. The van der Waals surface area contributed by atoms with E-state index in [4.69, 9.17) is 0 Å². The van der Waals surface area contributed by atoms with E-state index in [0.717, 1.165) is 29.5 Å². The fraction of sp³-hybridized carbons (Fsp3) is 0.278. The van der Waals surface area contributed by atoms with Crippen LogP contribution in [0.25, 0.3) is 0 Å². The maximum absolute atomic E-state index is 12.2. The highest BCUT2D eigenvalue weighted by Crippen LogP contribution is 2.15. The van der Waals surface area contributed by atoms with Crippen LogP contribution in [0.2, 0.25) is 0 Å². The van der Waals surface area contributed by atoms with Crippen LogP contribution in [0.15, 0.2) is 48.5 Å². The molecule has 19 heavy (non-hydrogen) atoms. The van der Waals surface area contributed by atoms with Gasteiger partial charge in [-0.2, -0.15) is 0 Å². The first kappa shape index (κ1) is 13.5. The Morgan fingerprint density at radius 1 is 1.00 bits per heavy atom. The van der Waals surface area contributed by atoms with Crippen molar-refractivity contribution in [2.75, 3.05) is 0 Å². The van der Waals surface area contributed by atoms with E-state index in [1.165, 1.54) is 5.56 Å². The quantitative estimate of drug-likeness (QED) is 0.716. The lowest BCUT2D eigenvalue weighted by molar-refractivity contribution is 0.0979. The van der Waals surface area contributed by atoms with E-state index in [-0.39, 0.29) is 5.78 Å². The van der Waals surface area contributed by atoms with Gasteiger partial charge >= 0.3 is 0 Å². The molecule has 0 aromatic heterocycles. The summed E-state index contributed by atoms with van der Waals surface area (Å²) in [6.45, 7) is 4.03. The number of rotatable bonds is 5. The second kappa shape index (κ2) is 6.33. The third kappa shape index (κ3) is 3.78. The van der Waals surface area contributed by atoms with Gasteiger partial charge in [-0.05, 0) is 43.9 Å². The minimum atomic E-state index is 0.261. The second-order valence-corrected chi connectivity index (χ2v) is 5.08. The lowest BCUT2D eigenvalue weighted by Crippen LogP contribution is -2.03. The normalized spacial score (nSPS) is 10.4. The van der Waals surface area contributed by atoms with Gasteiger partial charge in [0.2, 0.25) is 0 Å². The maximum Gasteiger partial charge on any atom is 0.163 e. The van der Waals surface area contributed by atoms with Gasteiger partial charge in [0.1, 0.15) is 0 Å². The molecule has 2 rings (SSSR count). The molecule has 98 valence electrons. The van der Waals surface area contributed by atoms with E-state index in [1.54, 1.807) is 0 Å². The molecule has 0 aliphatic rings. The third-order valence-corrected chi connectivity index (χ3v) is 3.41. The highest BCUT2D eigenvalue weighted by molar-refractivity contribution is 5.97. The number of Topliss-reactive ketones (excluding diaryl/α,β-unsaturated/α-hetero) is 1. The van der Waals surface area contributed by atoms with Crippen LogP contribution < -0.4 is 0 Å². The molecule has 0 fully saturated rings. The molecule has 0 N–H and O–H groups in total. The molecule has 0 bridgehead atoms. The lowest BCUT2D eigenvalue weighted by Gasteiger charge is -2.06. The Kier molecular flexibility index (Phi) is 4.51. The molecule has 1 heteroatoms. The van der Waals surface area contributed by atoms with E-state index in [1.807, 2.05) is 44.2 Å². The van der Waals surface area contributed by atoms with Gasteiger partial charge in [-0.1, -0.05) is 48.0 Å². The van der Waals surface area contributed by atoms with Gasteiger partial charge in [0.15, 0.2) is 5.78 Å². The van der Waals surface area contributed by atoms with Crippen LogP contribution in [0.5, 0.6) is 0 Å². The van der Waals surface area contributed by atoms with Crippen molar-refractivity contribution in [1.29, 1.82) is 0 Å². The first-order valence-corrected chi connectivity index (χ1v) is 6.81. The van der Waals surface area contributed by atoms with Crippen molar-refractivity contribution in [1.82, 2.24) is 0 Å². The molecule has 0 aliphatic carbocycles. The smallest absolute Gasteiger partial charge is 0.163 e. The summed E-state index contributed by atoms with van der Waals surface area (Å²) in [7, 11) is 0. The van der Waals surface area contributed by atoms with Crippen molar-refractivity contribution in [2.24, 2.45) is 0 Å². The summed E-state index contributed by atoms with van der Waals surface area (Å²) >= 11 is 0. The molecule has 0 saturated heterocycles. The van der Waals surface area contributed by atoms with Crippen molar-refractivity contribution in [3.8, 4) is 0 Å². The van der Waals surface area contributed by atoms with Crippen molar-refractivity contribution >= 4 is 5.78 Å². The van der Waals surface area contributed by atoms with Crippen LogP contribution >= 0.6 is 0 Å². The number of carbonyl (C=O) groups is 1. The first-order chi connectivity index (χ1) is 9.16. The van der Waals surface area contributed by atoms with Gasteiger partial charge in [0, 0.05) is 12.0 Å². The molecular formula is C18H20O. The molecule has 2 aromatic rings. The number of carbonyl (C=O) groups excluding carboxylic acids is 1. The summed E-state index contributed by atoms with van der Waals surface area (Å²) in [5.74, 6) is 0.261. The number of ketones is 1. The molecule has 0 saturated carbocycles. The summed E-state index contributed by atoms with van der Waals surface area (Å²) < 4.78 is 0. The predicted octanol–water partition coefficient (Wildman–Crippen LogP) is 4.51. The van der Waals surface area contributed by atoms with Gasteiger partial charge in [-0.3, -0.25) is 4.79 Å². The highest BCUT2D eigenvalue weighted by atomic mass is 16.1. The molecule has 0 atom stereocenters. The van der Waals surface area contributed by atoms with Crippen LogP contribution in [-0.4, -0.2) is 5.78 Å². The molecular weight excluding hydrogens is 232 g/mol. The van der Waals surface area contributed by atoms with E-state index in [9.17, 15) is 4.79 Å². The van der Waals surface area contributed by atoms with Crippen molar-refractivity contribution in [2.45, 2.75) is 33.1 Å². The number of benzene rings is 2. The molecule has 0 amide bonds. The van der Waals surface area contributed by atoms with Gasteiger partial charge in [-0.15, -0.1) is 0 Å². The van der Waals surface area contributed by atoms with Crippen molar-refractivity contribution in [3.05, 3.63) is 70.8 Å². The third-order valence-electron chi connectivity index (χ3n) is 3.41. The molecule has 1 nitrogen and oxygen atoms in total. The Bertz CT molecular complexity index is 555. The largest absolute Gasteiger partial charge is 0.294 e. The average molecular weight is 252 g/mol. The molecule has 0 spiro atoms. The number of aryl methyl sites for hydroxylation is 3. The maximum atomic E-state index is 12.2. The zero-order valence-electron chi connectivity index (χ0n) is 11.6. The Labute approximate surface area is 115 Å². The Balaban J connectivity index is 1.93. The summed E-state index contributed by atoms with van der Waals surface area (Å²) in [6.07, 6.45) is 2.51. The van der Waals surface area contributed by atoms with Crippen molar-refractivity contribution in [3.63, 3.8) is 0 Å². The van der Waals surface area contributed by atoms with Gasteiger partial charge in [0.05, 0.1) is 0 Å². The fourth-order valence-electron chi connectivity index (χ4n) is 2.27. The summed E-state index contributed by atoms with van der Waals surface area (Å²) in [5.41, 5.74) is 4.41. The molecule has 0 aliphatic heterocycles. The van der Waals surface area contributed by atoms with Crippen LogP contribution in [0.3, 0.4) is 0 Å². The molecule has 0 heterocycles. The minimum absolute atomic E-state index is 0.261. The van der Waals surface area contributed by atoms with E-state index < -0.39 is 0 Å². The average Bonchev–Trinajstić information content (AvgIpc) is 2.42. The Morgan fingerprint density at radius 2 is 1.74 bits per heavy atom. The van der Waals surface area contributed by atoms with Crippen molar-refractivity contribution < 1.29 is 4.79 Å². The Hall–Kier alpha value is -1.89. The number of hydrogen-bond donors (Lipinski definition) is 0. The SMILES string of the molecule is Cc1ccc(C)c(C(=O)CCCc2ccccc2)c1. The molecule has 0 radical (unpaired) electrons. The van der Waals surface area contributed by atoms with Crippen LogP contribution in [0.4, 0.5) is 0 Å². The zero-order valence-corrected chi connectivity index (χ0v) is 11.6. The van der Waals surface area contributed by atoms with Gasteiger partial charge < -0.3 is 0 Å². The molecule has 0 unspecified atom stereocenters. The van der Waals surface area contributed by atoms with Crippen LogP contribution in [0.1, 0.15) is 39.9 Å². The predicted molar refractivity (Wildman–Crippen MR) is 79.6 cm³/mol. The summed E-state index contributed by atoms with van der Waals surface area (Å²) in [6, 6.07) is 16.4. The Morgan fingerprint density at radius 3 is 2.47 bits per heavy atom. The van der Waals surface area contributed by atoms with Crippen LogP contribution in [0, 0.1) is 13.8 Å². The monoisotopic (exact) mass is 252 g/mol. The fourth-order valence-corrected chi connectivity index (χ4v) is 2.27. The number of hydrogen-bond acceptors (Lipinski definition) is 1. The standard InChI is InChI=1S/C18H20O/c1-14-11-12-15(2)17(13-14)18(19)10-6-9-16-7-4-3-5-8-16/h3-5,7-8,11-13H,6,9-10H2,1-2H3. The minimum Gasteiger partial charge on any atom is -0.294 e. The van der Waals surface area contributed by atoms with Gasteiger partial charge in [0.25, 0.3) is 0 Å².